The number of thioether (sulfide) groups is 1. The van der Waals surface area contributed by atoms with Crippen LogP contribution in [0.4, 0.5) is 0 Å². The van der Waals surface area contributed by atoms with Gasteiger partial charge in [0.1, 0.15) is 4.32 Å². The van der Waals surface area contributed by atoms with Gasteiger partial charge < -0.3 is 14.2 Å². The zero-order valence-electron chi connectivity index (χ0n) is 17.5. The topological polar surface area (TPSA) is 65.1 Å². The van der Waals surface area contributed by atoms with Crippen LogP contribution in [0.25, 0.3) is 6.08 Å². The van der Waals surface area contributed by atoms with Crippen molar-refractivity contribution in [2.45, 2.75) is 33.6 Å². The molecule has 0 spiro atoms. The SMILES string of the molecule is CCOc1cc(/C=C2/SC(=S)N(CCC(=O)OC)C2=O)cc(Br)c1OCCC(C)C. The van der Waals surface area contributed by atoms with Gasteiger partial charge in [0.15, 0.2) is 11.5 Å². The Hall–Kier alpha value is -1.58. The lowest BCUT2D eigenvalue weighted by Crippen LogP contribution is -2.30. The fourth-order valence-corrected chi connectivity index (χ4v) is 4.50. The quantitative estimate of drug-likeness (QED) is 0.245. The highest BCUT2D eigenvalue weighted by Crippen LogP contribution is 2.39. The van der Waals surface area contributed by atoms with E-state index in [-0.39, 0.29) is 24.8 Å². The molecule has 0 aliphatic carbocycles. The Bertz CT molecular complexity index is 841. The monoisotopic (exact) mass is 515 g/mol. The summed E-state index contributed by atoms with van der Waals surface area (Å²) in [6.07, 6.45) is 2.80. The first kappa shape index (κ1) is 24.7. The lowest BCUT2D eigenvalue weighted by molar-refractivity contribution is -0.140. The fourth-order valence-electron chi connectivity index (χ4n) is 2.62. The molecule has 6 nitrogen and oxygen atoms in total. The van der Waals surface area contributed by atoms with Crippen molar-refractivity contribution in [1.82, 2.24) is 4.90 Å². The van der Waals surface area contributed by atoms with Crippen molar-refractivity contribution >= 4 is 62.2 Å². The number of esters is 1. The lowest BCUT2D eigenvalue weighted by atomic mass is 10.1. The highest BCUT2D eigenvalue weighted by atomic mass is 79.9. The third kappa shape index (κ3) is 6.72. The van der Waals surface area contributed by atoms with Crippen LogP contribution in [0.3, 0.4) is 0 Å². The van der Waals surface area contributed by atoms with Crippen LogP contribution in [0.15, 0.2) is 21.5 Å². The second-order valence-corrected chi connectivity index (χ2v) is 9.48. The number of ether oxygens (including phenoxy) is 3. The highest BCUT2D eigenvalue weighted by molar-refractivity contribution is 9.10. The normalized spacial score (nSPS) is 15.3. The Balaban J connectivity index is 2.22. The van der Waals surface area contributed by atoms with E-state index in [2.05, 4.69) is 34.5 Å². The summed E-state index contributed by atoms with van der Waals surface area (Å²) in [4.78, 5) is 26.0. The van der Waals surface area contributed by atoms with E-state index in [1.54, 1.807) is 6.08 Å². The van der Waals surface area contributed by atoms with Gasteiger partial charge in [-0.3, -0.25) is 14.5 Å². The van der Waals surface area contributed by atoms with Gasteiger partial charge in [0, 0.05) is 6.54 Å². The Labute approximate surface area is 195 Å². The average Bonchev–Trinajstić information content (AvgIpc) is 2.94. The number of amides is 1. The number of hydrogen-bond donors (Lipinski definition) is 0. The molecular formula is C21H26BrNO5S2. The minimum Gasteiger partial charge on any atom is -0.490 e. The summed E-state index contributed by atoms with van der Waals surface area (Å²) in [6.45, 7) is 7.48. The van der Waals surface area contributed by atoms with Crippen molar-refractivity contribution in [3.05, 3.63) is 27.1 Å². The standard InChI is InChI=1S/C21H26BrNO5S2/c1-5-27-16-11-14(10-15(22)19(16)28-9-7-13(2)3)12-17-20(25)23(21(29)30-17)8-6-18(24)26-4/h10-13H,5-9H2,1-4H3/b17-12+. The van der Waals surface area contributed by atoms with Crippen LogP contribution in [0, 0.1) is 5.92 Å². The van der Waals surface area contributed by atoms with Crippen molar-refractivity contribution in [3.8, 4) is 11.5 Å². The van der Waals surface area contributed by atoms with Gasteiger partial charge in [-0.2, -0.15) is 0 Å². The van der Waals surface area contributed by atoms with E-state index in [9.17, 15) is 9.59 Å². The van der Waals surface area contributed by atoms with E-state index in [0.717, 1.165) is 16.5 Å². The summed E-state index contributed by atoms with van der Waals surface area (Å²) < 4.78 is 17.5. The number of carbonyl (C=O) groups excluding carboxylic acids is 2. The van der Waals surface area contributed by atoms with Gasteiger partial charge in [0.05, 0.1) is 36.1 Å². The molecule has 0 radical (unpaired) electrons. The molecule has 30 heavy (non-hydrogen) atoms. The summed E-state index contributed by atoms with van der Waals surface area (Å²) in [7, 11) is 1.32. The number of thiocarbonyl (C=S) groups is 1. The summed E-state index contributed by atoms with van der Waals surface area (Å²) in [5.41, 5.74) is 0.787. The van der Waals surface area contributed by atoms with Gasteiger partial charge in [0.2, 0.25) is 0 Å². The minimum atomic E-state index is -0.383. The summed E-state index contributed by atoms with van der Waals surface area (Å²) in [5.74, 6) is 1.20. The number of rotatable bonds is 10. The van der Waals surface area contributed by atoms with E-state index >= 15 is 0 Å². The van der Waals surface area contributed by atoms with Gasteiger partial charge >= 0.3 is 5.97 Å². The van der Waals surface area contributed by atoms with E-state index in [4.69, 9.17) is 21.7 Å². The molecule has 0 aromatic heterocycles. The van der Waals surface area contributed by atoms with E-state index < -0.39 is 0 Å². The maximum Gasteiger partial charge on any atom is 0.307 e. The second kappa shape index (κ2) is 11.7. The van der Waals surface area contributed by atoms with Crippen LogP contribution in [-0.4, -0.2) is 48.0 Å². The molecule has 2 rings (SSSR count). The molecule has 0 saturated carbocycles. The summed E-state index contributed by atoms with van der Waals surface area (Å²) in [5, 5.41) is 0. The predicted molar refractivity (Wildman–Crippen MR) is 127 cm³/mol. The number of methoxy groups -OCH3 is 1. The molecule has 1 aromatic carbocycles. The zero-order valence-corrected chi connectivity index (χ0v) is 20.7. The molecule has 1 saturated heterocycles. The van der Waals surface area contributed by atoms with Crippen molar-refractivity contribution < 1.29 is 23.8 Å². The van der Waals surface area contributed by atoms with Crippen LogP contribution >= 0.6 is 39.9 Å². The van der Waals surface area contributed by atoms with Crippen LogP contribution in [0.2, 0.25) is 0 Å². The van der Waals surface area contributed by atoms with Gasteiger partial charge in [-0.15, -0.1) is 0 Å². The maximum atomic E-state index is 12.7. The Kier molecular flexibility index (Phi) is 9.64. The molecule has 0 N–H and O–H groups in total. The first-order chi connectivity index (χ1) is 14.3. The van der Waals surface area contributed by atoms with Crippen LogP contribution in [0.1, 0.15) is 39.2 Å². The van der Waals surface area contributed by atoms with E-state index in [0.29, 0.717) is 39.9 Å². The maximum absolute atomic E-state index is 12.7. The molecule has 0 unspecified atom stereocenters. The minimum absolute atomic E-state index is 0.0959. The zero-order chi connectivity index (χ0) is 22.3. The molecule has 0 bridgehead atoms. The van der Waals surface area contributed by atoms with Gasteiger partial charge in [-0.25, -0.2) is 0 Å². The van der Waals surface area contributed by atoms with Crippen molar-refractivity contribution in [2.24, 2.45) is 5.92 Å². The Morgan fingerprint density at radius 3 is 2.70 bits per heavy atom. The third-order valence-electron chi connectivity index (χ3n) is 4.21. The second-order valence-electron chi connectivity index (χ2n) is 6.95. The summed E-state index contributed by atoms with van der Waals surface area (Å²) >= 11 is 10.1. The number of carbonyl (C=O) groups is 2. The fraction of sp³-hybridized carbons (Fsp3) is 0.476. The highest BCUT2D eigenvalue weighted by Gasteiger charge is 2.32. The molecule has 1 amide bonds. The van der Waals surface area contributed by atoms with Crippen molar-refractivity contribution in [3.63, 3.8) is 0 Å². The smallest absolute Gasteiger partial charge is 0.307 e. The Morgan fingerprint density at radius 1 is 1.33 bits per heavy atom. The number of halogens is 1. The van der Waals surface area contributed by atoms with E-state index in [1.165, 1.54) is 23.8 Å². The van der Waals surface area contributed by atoms with E-state index in [1.807, 2.05) is 19.1 Å². The number of nitrogens with zero attached hydrogens (tertiary/aromatic N) is 1. The third-order valence-corrected chi connectivity index (χ3v) is 6.18. The first-order valence-electron chi connectivity index (χ1n) is 9.68. The molecule has 1 aliphatic heterocycles. The average molecular weight is 516 g/mol. The number of hydrogen-bond acceptors (Lipinski definition) is 7. The molecule has 164 valence electrons. The molecule has 1 aromatic rings. The van der Waals surface area contributed by atoms with Crippen molar-refractivity contribution in [1.29, 1.82) is 0 Å². The van der Waals surface area contributed by atoms with Gasteiger partial charge in [-0.1, -0.05) is 37.8 Å². The van der Waals surface area contributed by atoms with Crippen molar-refractivity contribution in [2.75, 3.05) is 26.9 Å². The van der Waals surface area contributed by atoms with Gasteiger partial charge in [0.25, 0.3) is 5.91 Å². The molecule has 1 heterocycles. The van der Waals surface area contributed by atoms with Crippen LogP contribution < -0.4 is 9.47 Å². The largest absolute Gasteiger partial charge is 0.490 e. The van der Waals surface area contributed by atoms with Crippen LogP contribution in [-0.2, 0) is 14.3 Å². The molecule has 1 fully saturated rings. The molecule has 9 heteroatoms. The molecular weight excluding hydrogens is 490 g/mol. The first-order valence-corrected chi connectivity index (χ1v) is 11.7. The molecule has 0 atom stereocenters. The van der Waals surface area contributed by atoms with Crippen LogP contribution in [0.5, 0.6) is 11.5 Å². The number of benzene rings is 1. The summed E-state index contributed by atoms with van der Waals surface area (Å²) in [6, 6.07) is 3.73. The lowest BCUT2D eigenvalue weighted by Gasteiger charge is -2.15. The predicted octanol–water partition coefficient (Wildman–Crippen LogP) is 5.04. The van der Waals surface area contributed by atoms with Gasteiger partial charge in [-0.05, 0) is 59.0 Å². The Morgan fingerprint density at radius 2 is 2.07 bits per heavy atom. The molecule has 1 aliphatic rings.